The van der Waals surface area contributed by atoms with Crippen molar-refractivity contribution >= 4 is 15.9 Å². The van der Waals surface area contributed by atoms with Gasteiger partial charge < -0.3 is 5.32 Å². The van der Waals surface area contributed by atoms with Gasteiger partial charge in [-0.25, -0.2) is 0 Å². The number of hydrogen-bond donors (Lipinski definition) is 1. The Balaban J connectivity index is 1.99. The first-order valence-electron chi connectivity index (χ1n) is 7.27. The maximum atomic E-state index is 4.49. The van der Waals surface area contributed by atoms with E-state index in [2.05, 4.69) is 51.2 Å². The van der Waals surface area contributed by atoms with Crippen LogP contribution in [0.2, 0.25) is 0 Å². The molecule has 5 heteroatoms. The Morgan fingerprint density at radius 3 is 2.67 bits per heavy atom. The van der Waals surface area contributed by atoms with Gasteiger partial charge in [-0.2, -0.15) is 5.10 Å². The molecule has 114 valence electrons. The first-order chi connectivity index (χ1) is 10.0. The van der Waals surface area contributed by atoms with Gasteiger partial charge in [0.25, 0.3) is 0 Å². The van der Waals surface area contributed by atoms with E-state index in [4.69, 9.17) is 0 Å². The number of aromatic nitrogens is 3. The van der Waals surface area contributed by atoms with Gasteiger partial charge in [-0.15, -0.1) is 0 Å². The Morgan fingerprint density at radius 2 is 2.10 bits per heavy atom. The fourth-order valence-corrected chi connectivity index (χ4v) is 3.11. The second-order valence-corrected chi connectivity index (χ2v) is 6.43. The number of nitrogens with one attached hydrogen (secondary N) is 1. The summed E-state index contributed by atoms with van der Waals surface area (Å²) < 4.78 is 3.01. The van der Waals surface area contributed by atoms with Crippen LogP contribution in [0, 0.1) is 13.8 Å². The zero-order valence-corrected chi connectivity index (χ0v) is 14.7. The van der Waals surface area contributed by atoms with Gasteiger partial charge in [-0.3, -0.25) is 9.67 Å². The minimum absolute atomic E-state index is 0.445. The molecule has 0 spiro atoms. The van der Waals surface area contributed by atoms with Crippen molar-refractivity contribution in [3.63, 3.8) is 0 Å². The highest BCUT2D eigenvalue weighted by molar-refractivity contribution is 9.10. The van der Waals surface area contributed by atoms with Crippen LogP contribution >= 0.6 is 15.9 Å². The summed E-state index contributed by atoms with van der Waals surface area (Å²) in [6.45, 7) is 4.23. The molecule has 1 atom stereocenters. The van der Waals surface area contributed by atoms with Crippen LogP contribution in [0.4, 0.5) is 0 Å². The van der Waals surface area contributed by atoms with Crippen LogP contribution in [-0.2, 0) is 19.9 Å². The van der Waals surface area contributed by atoms with Crippen LogP contribution in [0.1, 0.15) is 28.9 Å². The second kappa shape index (κ2) is 7.18. The standard InChI is InChI=1S/C16H23BrN4/c1-11-16(12(2)21(4)20-11)6-5-15(18-3)8-13-7-14(17)10-19-9-13/h7,9-10,15,18H,5-6,8H2,1-4H3. The summed E-state index contributed by atoms with van der Waals surface area (Å²) in [4.78, 5) is 4.23. The Morgan fingerprint density at radius 1 is 1.33 bits per heavy atom. The highest BCUT2D eigenvalue weighted by Gasteiger charge is 2.13. The molecule has 21 heavy (non-hydrogen) atoms. The molecule has 1 unspecified atom stereocenters. The number of hydrogen-bond acceptors (Lipinski definition) is 3. The van der Waals surface area contributed by atoms with Gasteiger partial charge in [0.1, 0.15) is 0 Å². The number of likely N-dealkylation sites (N-methyl/N-ethyl adjacent to an activating group) is 1. The molecule has 2 aromatic rings. The lowest BCUT2D eigenvalue weighted by atomic mass is 9.99. The lowest BCUT2D eigenvalue weighted by Crippen LogP contribution is -2.28. The van der Waals surface area contributed by atoms with E-state index in [1.54, 1.807) is 0 Å². The van der Waals surface area contributed by atoms with Crippen LogP contribution < -0.4 is 5.32 Å². The summed E-state index contributed by atoms with van der Waals surface area (Å²) in [5.74, 6) is 0. The summed E-state index contributed by atoms with van der Waals surface area (Å²) in [5.41, 5.74) is 5.05. The Bertz CT molecular complexity index is 606. The molecule has 0 aliphatic heterocycles. The summed E-state index contributed by atoms with van der Waals surface area (Å²) >= 11 is 3.48. The van der Waals surface area contributed by atoms with Crippen LogP contribution in [0.25, 0.3) is 0 Å². The lowest BCUT2D eigenvalue weighted by Gasteiger charge is -2.16. The molecule has 2 heterocycles. The van der Waals surface area contributed by atoms with Crippen molar-refractivity contribution in [1.29, 1.82) is 0 Å². The maximum absolute atomic E-state index is 4.49. The molecule has 0 amide bonds. The van der Waals surface area contributed by atoms with E-state index in [0.29, 0.717) is 6.04 Å². The van der Waals surface area contributed by atoms with Crippen LogP contribution in [-0.4, -0.2) is 27.9 Å². The molecule has 1 N–H and O–H groups in total. The van der Waals surface area contributed by atoms with Gasteiger partial charge in [0.15, 0.2) is 0 Å². The predicted molar refractivity (Wildman–Crippen MR) is 89.5 cm³/mol. The quantitative estimate of drug-likeness (QED) is 0.870. The highest BCUT2D eigenvalue weighted by Crippen LogP contribution is 2.17. The third kappa shape index (κ3) is 4.14. The molecule has 0 bridgehead atoms. The van der Waals surface area contributed by atoms with Crippen molar-refractivity contribution in [1.82, 2.24) is 20.1 Å². The van der Waals surface area contributed by atoms with E-state index >= 15 is 0 Å². The third-order valence-corrected chi connectivity index (χ3v) is 4.49. The normalized spacial score (nSPS) is 12.6. The molecule has 0 aliphatic rings. The monoisotopic (exact) mass is 350 g/mol. The fourth-order valence-electron chi connectivity index (χ4n) is 2.70. The number of rotatable bonds is 6. The van der Waals surface area contributed by atoms with Crippen molar-refractivity contribution in [3.05, 3.63) is 45.4 Å². The van der Waals surface area contributed by atoms with Crippen molar-refractivity contribution in [2.75, 3.05) is 7.05 Å². The molecule has 2 aromatic heterocycles. The number of pyridine rings is 1. The van der Waals surface area contributed by atoms with Gasteiger partial charge >= 0.3 is 0 Å². The van der Waals surface area contributed by atoms with Gasteiger partial charge in [-0.1, -0.05) is 0 Å². The minimum Gasteiger partial charge on any atom is -0.317 e. The van der Waals surface area contributed by atoms with Crippen molar-refractivity contribution in [2.24, 2.45) is 7.05 Å². The Kier molecular flexibility index (Phi) is 5.53. The van der Waals surface area contributed by atoms with Gasteiger partial charge in [-0.05, 0) is 73.3 Å². The molecule has 0 aromatic carbocycles. The summed E-state index contributed by atoms with van der Waals surface area (Å²) in [6, 6.07) is 2.58. The number of halogens is 1. The molecule has 2 rings (SSSR count). The molecular weight excluding hydrogens is 328 g/mol. The van der Waals surface area contributed by atoms with E-state index in [-0.39, 0.29) is 0 Å². The average molecular weight is 351 g/mol. The first kappa shape index (κ1) is 16.2. The lowest BCUT2D eigenvalue weighted by molar-refractivity contribution is 0.518. The van der Waals surface area contributed by atoms with Crippen LogP contribution in [0.15, 0.2) is 22.9 Å². The predicted octanol–water partition coefficient (Wildman–Crippen LogP) is 2.96. The van der Waals surface area contributed by atoms with Crippen molar-refractivity contribution < 1.29 is 0 Å². The summed E-state index contributed by atoms with van der Waals surface area (Å²) in [5, 5.41) is 7.91. The van der Waals surface area contributed by atoms with Gasteiger partial charge in [0.2, 0.25) is 0 Å². The van der Waals surface area contributed by atoms with Crippen LogP contribution in [0.3, 0.4) is 0 Å². The average Bonchev–Trinajstić information content (AvgIpc) is 2.69. The molecule has 0 saturated carbocycles. The highest BCUT2D eigenvalue weighted by atomic mass is 79.9. The summed E-state index contributed by atoms with van der Waals surface area (Å²) in [6.07, 6.45) is 6.89. The molecule has 0 fully saturated rings. The van der Waals surface area contributed by atoms with E-state index in [1.807, 2.05) is 31.2 Å². The molecule has 4 nitrogen and oxygen atoms in total. The zero-order chi connectivity index (χ0) is 15.4. The summed E-state index contributed by atoms with van der Waals surface area (Å²) in [7, 11) is 4.04. The first-order valence-corrected chi connectivity index (χ1v) is 8.06. The molecule has 0 radical (unpaired) electrons. The van der Waals surface area contributed by atoms with E-state index < -0.39 is 0 Å². The number of nitrogens with zero attached hydrogens (tertiary/aromatic N) is 3. The molecular formula is C16H23BrN4. The topological polar surface area (TPSA) is 42.7 Å². The fraction of sp³-hybridized carbons (Fsp3) is 0.500. The SMILES string of the molecule is CNC(CCc1c(C)nn(C)c1C)Cc1cncc(Br)c1. The minimum atomic E-state index is 0.445. The Hall–Kier alpha value is -1.20. The van der Waals surface area contributed by atoms with Crippen LogP contribution in [0.5, 0.6) is 0 Å². The van der Waals surface area contributed by atoms with E-state index in [1.165, 1.54) is 16.8 Å². The van der Waals surface area contributed by atoms with Gasteiger partial charge in [0, 0.05) is 35.6 Å². The zero-order valence-electron chi connectivity index (χ0n) is 13.2. The second-order valence-electron chi connectivity index (χ2n) is 5.51. The van der Waals surface area contributed by atoms with Crippen molar-refractivity contribution in [3.8, 4) is 0 Å². The number of aryl methyl sites for hydroxylation is 2. The smallest absolute Gasteiger partial charge is 0.0628 e. The maximum Gasteiger partial charge on any atom is 0.0628 e. The van der Waals surface area contributed by atoms with Gasteiger partial charge in [0.05, 0.1) is 5.69 Å². The van der Waals surface area contributed by atoms with E-state index in [0.717, 1.165) is 29.4 Å². The van der Waals surface area contributed by atoms with Crippen molar-refractivity contribution in [2.45, 2.75) is 39.2 Å². The largest absolute Gasteiger partial charge is 0.317 e. The molecule has 0 aliphatic carbocycles. The van der Waals surface area contributed by atoms with E-state index in [9.17, 15) is 0 Å². The molecule has 0 saturated heterocycles. The third-order valence-electron chi connectivity index (χ3n) is 4.05. The Labute approximate surface area is 135 Å².